The standard InChI is InChI=1S/C12H11Cl2NOS/c1-16-12-3-2-8(13)5-11(12)15-6-10-4-9(14)7-17-10/h2-5,7,15H,6H2,1H3. The second-order valence-corrected chi connectivity index (χ2v) is 5.30. The van der Waals surface area contributed by atoms with Crippen molar-refractivity contribution in [1.29, 1.82) is 0 Å². The Labute approximate surface area is 114 Å². The third-order valence-electron chi connectivity index (χ3n) is 2.24. The van der Waals surface area contributed by atoms with Crippen molar-refractivity contribution in [3.05, 3.63) is 44.6 Å². The van der Waals surface area contributed by atoms with Gasteiger partial charge in [-0.15, -0.1) is 11.3 Å². The molecule has 0 aliphatic rings. The largest absolute Gasteiger partial charge is 0.495 e. The molecule has 0 aliphatic heterocycles. The van der Waals surface area contributed by atoms with E-state index in [4.69, 9.17) is 27.9 Å². The van der Waals surface area contributed by atoms with Crippen LogP contribution in [-0.2, 0) is 6.54 Å². The van der Waals surface area contributed by atoms with Crippen molar-refractivity contribution >= 4 is 40.2 Å². The average molecular weight is 288 g/mol. The molecule has 90 valence electrons. The van der Waals surface area contributed by atoms with Gasteiger partial charge in [-0.1, -0.05) is 23.2 Å². The number of halogens is 2. The van der Waals surface area contributed by atoms with Gasteiger partial charge in [0.2, 0.25) is 0 Å². The van der Waals surface area contributed by atoms with Crippen molar-refractivity contribution in [2.45, 2.75) is 6.54 Å². The van der Waals surface area contributed by atoms with Gasteiger partial charge in [0.25, 0.3) is 0 Å². The molecule has 0 bridgehead atoms. The Hall–Kier alpha value is -0.900. The quantitative estimate of drug-likeness (QED) is 0.882. The first-order chi connectivity index (χ1) is 8.19. The van der Waals surface area contributed by atoms with E-state index < -0.39 is 0 Å². The van der Waals surface area contributed by atoms with Crippen LogP contribution in [0.1, 0.15) is 4.88 Å². The van der Waals surface area contributed by atoms with Gasteiger partial charge in [0, 0.05) is 21.8 Å². The van der Waals surface area contributed by atoms with Crippen molar-refractivity contribution in [2.24, 2.45) is 0 Å². The molecule has 1 aromatic heterocycles. The van der Waals surface area contributed by atoms with Gasteiger partial charge in [-0.25, -0.2) is 0 Å². The first kappa shape index (κ1) is 12.6. The maximum atomic E-state index is 5.95. The fourth-order valence-corrected chi connectivity index (χ4v) is 2.63. The van der Waals surface area contributed by atoms with Crippen LogP contribution in [0.25, 0.3) is 0 Å². The molecule has 1 aromatic carbocycles. The summed E-state index contributed by atoms with van der Waals surface area (Å²) in [5.74, 6) is 0.775. The van der Waals surface area contributed by atoms with Crippen LogP contribution in [-0.4, -0.2) is 7.11 Å². The minimum absolute atomic E-state index is 0.678. The van der Waals surface area contributed by atoms with Crippen molar-refractivity contribution in [2.75, 3.05) is 12.4 Å². The molecule has 2 rings (SSSR count). The van der Waals surface area contributed by atoms with Crippen molar-refractivity contribution < 1.29 is 4.74 Å². The number of rotatable bonds is 4. The van der Waals surface area contributed by atoms with E-state index in [1.54, 1.807) is 24.5 Å². The van der Waals surface area contributed by atoms with Crippen LogP contribution in [0.15, 0.2) is 29.6 Å². The number of ether oxygens (including phenoxy) is 1. The summed E-state index contributed by atoms with van der Waals surface area (Å²) >= 11 is 13.4. The highest BCUT2D eigenvalue weighted by molar-refractivity contribution is 7.10. The number of nitrogens with one attached hydrogen (secondary N) is 1. The Kier molecular flexibility index (Phi) is 4.15. The summed E-state index contributed by atoms with van der Waals surface area (Å²) in [5.41, 5.74) is 0.879. The molecule has 1 N–H and O–H groups in total. The maximum Gasteiger partial charge on any atom is 0.142 e. The first-order valence-corrected chi connectivity index (χ1v) is 6.63. The highest BCUT2D eigenvalue weighted by atomic mass is 35.5. The molecule has 0 saturated carbocycles. The molecule has 0 fully saturated rings. The monoisotopic (exact) mass is 287 g/mol. The minimum atomic E-state index is 0.678. The summed E-state index contributed by atoms with van der Waals surface area (Å²) in [7, 11) is 1.64. The lowest BCUT2D eigenvalue weighted by atomic mass is 10.3. The summed E-state index contributed by atoms with van der Waals surface area (Å²) in [6.07, 6.45) is 0. The van der Waals surface area contributed by atoms with Gasteiger partial charge in [-0.2, -0.15) is 0 Å². The summed E-state index contributed by atoms with van der Waals surface area (Å²) in [4.78, 5) is 1.16. The van der Waals surface area contributed by atoms with Gasteiger partial charge >= 0.3 is 0 Å². The number of thiophene rings is 1. The first-order valence-electron chi connectivity index (χ1n) is 4.99. The average Bonchev–Trinajstić information content (AvgIpc) is 2.73. The Morgan fingerprint density at radius 2 is 2.06 bits per heavy atom. The smallest absolute Gasteiger partial charge is 0.142 e. The third kappa shape index (κ3) is 3.28. The number of methoxy groups -OCH3 is 1. The molecule has 0 unspecified atom stereocenters. The lowest BCUT2D eigenvalue weighted by Crippen LogP contribution is -1.99. The minimum Gasteiger partial charge on any atom is -0.495 e. The van der Waals surface area contributed by atoms with E-state index in [0.717, 1.165) is 21.3 Å². The third-order valence-corrected chi connectivity index (χ3v) is 3.76. The molecular weight excluding hydrogens is 277 g/mol. The Bertz CT molecular complexity index is 513. The van der Waals surface area contributed by atoms with Gasteiger partial charge in [0.05, 0.1) is 17.8 Å². The van der Waals surface area contributed by atoms with Crippen LogP contribution in [0.5, 0.6) is 5.75 Å². The highest BCUT2D eigenvalue weighted by Crippen LogP contribution is 2.29. The molecule has 2 aromatic rings. The molecule has 0 atom stereocenters. The molecular formula is C12H11Cl2NOS. The summed E-state index contributed by atoms with van der Waals surface area (Å²) in [5, 5.41) is 6.63. The van der Waals surface area contributed by atoms with Crippen LogP contribution in [0, 0.1) is 0 Å². The number of anilines is 1. The van der Waals surface area contributed by atoms with E-state index in [1.165, 1.54) is 0 Å². The topological polar surface area (TPSA) is 21.3 Å². The fourth-order valence-electron chi connectivity index (χ4n) is 1.45. The molecule has 17 heavy (non-hydrogen) atoms. The normalized spacial score (nSPS) is 10.3. The van der Waals surface area contributed by atoms with Gasteiger partial charge in [-0.05, 0) is 24.3 Å². The van der Waals surface area contributed by atoms with E-state index in [1.807, 2.05) is 23.6 Å². The molecule has 0 amide bonds. The summed E-state index contributed by atoms with van der Waals surface area (Å²) < 4.78 is 5.25. The zero-order valence-electron chi connectivity index (χ0n) is 9.17. The second-order valence-electron chi connectivity index (χ2n) is 3.43. The number of hydrogen-bond acceptors (Lipinski definition) is 3. The predicted octanol–water partition coefficient (Wildman–Crippen LogP) is 4.68. The molecule has 1 heterocycles. The number of benzene rings is 1. The molecule has 0 spiro atoms. The zero-order valence-corrected chi connectivity index (χ0v) is 11.5. The van der Waals surface area contributed by atoms with Crippen LogP contribution in [0.3, 0.4) is 0 Å². The van der Waals surface area contributed by atoms with Crippen molar-refractivity contribution in [3.8, 4) is 5.75 Å². The summed E-state index contributed by atoms with van der Waals surface area (Å²) in [6.45, 7) is 0.702. The predicted molar refractivity (Wildman–Crippen MR) is 74.7 cm³/mol. The van der Waals surface area contributed by atoms with E-state index in [-0.39, 0.29) is 0 Å². The maximum absolute atomic E-state index is 5.95. The summed E-state index contributed by atoms with van der Waals surface area (Å²) in [6, 6.07) is 7.42. The van der Waals surface area contributed by atoms with Crippen LogP contribution >= 0.6 is 34.5 Å². The Balaban J connectivity index is 2.10. The van der Waals surface area contributed by atoms with Gasteiger partial charge in [0.1, 0.15) is 5.75 Å². The molecule has 0 saturated heterocycles. The molecule has 0 aliphatic carbocycles. The van der Waals surface area contributed by atoms with E-state index in [0.29, 0.717) is 11.6 Å². The molecule has 0 radical (unpaired) electrons. The van der Waals surface area contributed by atoms with Crippen LogP contribution < -0.4 is 10.1 Å². The number of hydrogen-bond donors (Lipinski definition) is 1. The van der Waals surface area contributed by atoms with Gasteiger partial charge in [-0.3, -0.25) is 0 Å². The highest BCUT2D eigenvalue weighted by Gasteiger charge is 2.04. The van der Waals surface area contributed by atoms with Crippen molar-refractivity contribution in [3.63, 3.8) is 0 Å². The lowest BCUT2D eigenvalue weighted by molar-refractivity contribution is 0.416. The fraction of sp³-hybridized carbons (Fsp3) is 0.167. The molecule has 5 heteroatoms. The van der Waals surface area contributed by atoms with E-state index in [9.17, 15) is 0 Å². The van der Waals surface area contributed by atoms with Crippen LogP contribution in [0.2, 0.25) is 10.0 Å². The van der Waals surface area contributed by atoms with E-state index >= 15 is 0 Å². The Morgan fingerprint density at radius 3 is 2.71 bits per heavy atom. The molecule has 2 nitrogen and oxygen atoms in total. The van der Waals surface area contributed by atoms with Crippen molar-refractivity contribution in [1.82, 2.24) is 0 Å². The zero-order chi connectivity index (χ0) is 12.3. The van der Waals surface area contributed by atoms with Gasteiger partial charge < -0.3 is 10.1 Å². The second kappa shape index (κ2) is 5.63. The lowest BCUT2D eigenvalue weighted by Gasteiger charge is -2.10. The SMILES string of the molecule is COc1ccc(Cl)cc1NCc1cc(Cl)cs1. The Morgan fingerprint density at radius 1 is 1.24 bits per heavy atom. The van der Waals surface area contributed by atoms with E-state index in [2.05, 4.69) is 5.32 Å². The van der Waals surface area contributed by atoms with Gasteiger partial charge in [0.15, 0.2) is 0 Å². The van der Waals surface area contributed by atoms with Crippen LogP contribution in [0.4, 0.5) is 5.69 Å².